The lowest BCUT2D eigenvalue weighted by atomic mass is 10.0. The molecule has 0 bridgehead atoms. The van der Waals surface area contributed by atoms with E-state index in [9.17, 15) is 0 Å². The summed E-state index contributed by atoms with van der Waals surface area (Å²) in [5.41, 5.74) is 3.10. The minimum Gasteiger partial charge on any atom is -0.310 e. The summed E-state index contributed by atoms with van der Waals surface area (Å²) in [5, 5.41) is 3.76. The molecule has 0 heterocycles. The summed E-state index contributed by atoms with van der Waals surface area (Å²) in [6.07, 6.45) is 5.57. The normalized spacial score (nSPS) is 28.1. The second kappa shape index (κ2) is 4.21. The fraction of sp³-hybridized carbons (Fsp3) is 0.600. The Morgan fingerprint density at radius 3 is 2.88 bits per heavy atom. The van der Waals surface area contributed by atoms with Gasteiger partial charge in [-0.05, 0) is 42.3 Å². The fourth-order valence-electron chi connectivity index (χ4n) is 2.96. The van der Waals surface area contributed by atoms with Crippen LogP contribution in [-0.4, -0.2) is 6.54 Å². The standard InChI is InChI=1S/C15H21N/c1-11-10-13-4-2-3-5-14(13)15(11)16-9-8-12-6-7-12/h2-5,11-12,15-16H,6-10H2,1H3. The van der Waals surface area contributed by atoms with Crippen molar-refractivity contribution >= 4 is 0 Å². The summed E-state index contributed by atoms with van der Waals surface area (Å²) in [4.78, 5) is 0. The van der Waals surface area contributed by atoms with Gasteiger partial charge < -0.3 is 5.32 Å². The lowest BCUT2D eigenvalue weighted by Crippen LogP contribution is -2.25. The van der Waals surface area contributed by atoms with Crippen LogP contribution in [0.15, 0.2) is 24.3 Å². The molecule has 2 aliphatic rings. The van der Waals surface area contributed by atoms with E-state index in [-0.39, 0.29) is 0 Å². The molecule has 16 heavy (non-hydrogen) atoms. The molecule has 2 aliphatic carbocycles. The van der Waals surface area contributed by atoms with E-state index in [1.165, 1.54) is 32.2 Å². The van der Waals surface area contributed by atoms with Crippen molar-refractivity contribution in [2.45, 2.75) is 38.6 Å². The molecule has 0 spiro atoms. The summed E-state index contributed by atoms with van der Waals surface area (Å²) in [7, 11) is 0. The van der Waals surface area contributed by atoms with Crippen LogP contribution >= 0.6 is 0 Å². The van der Waals surface area contributed by atoms with Crippen LogP contribution < -0.4 is 5.32 Å². The highest BCUT2D eigenvalue weighted by Gasteiger charge is 2.29. The van der Waals surface area contributed by atoms with Crippen LogP contribution in [0.3, 0.4) is 0 Å². The van der Waals surface area contributed by atoms with Crippen LogP contribution in [0.2, 0.25) is 0 Å². The Hall–Kier alpha value is -0.820. The molecule has 1 fully saturated rings. The first kappa shape index (κ1) is 10.3. The van der Waals surface area contributed by atoms with Gasteiger partial charge in [-0.2, -0.15) is 0 Å². The van der Waals surface area contributed by atoms with Crippen molar-refractivity contribution in [1.29, 1.82) is 0 Å². The first-order chi connectivity index (χ1) is 7.84. The van der Waals surface area contributed by atoms with Crippen molar-refractivity contribution in [3.8, 4) is 0 Å². The molecule has 86 valence electrons. The van der Waals surface area contributed by atoms with Crippen LogP contribution in [0.25, 0.3) is 0 Å². The molecule has 0 aliphatic heterocycles. The number of hydrogen-bond donors (Lipinski definition) is 1. The molecular weight excluding hydrogens is 194 g/mol. The zero-order chi connectivity index (χ0) is 11.0. The van der Waals surface area contributed by atoms with Gasteiger partial charge in [0.2, 0.25) is 0 Å². The van der Waals surface area contributed by atoms with Gasteiger partial charge in [-0.15, -0.1) is 0 Å². The maximum Gasteiger partial charge on any atom is 0.0351 e. The van der Waals surface area contributed by atoms with Crippen molar-refractivity contribution in [2.75, 3.05) is 6.54 Å². The van der Waals surface area contributed by atoms with Gasteiger partial charge in [0.1, 0.15) is 0 Å². The lowest BCUT2D eigenvalue weighted by molar-refractivity contribution is 0.409. The average Bonchev–Trinajstić information content (AvgIpc) is 3.04. The number of nitrogens with one attached hydrogen (secondary N) is 1. The van der Waals surface area contributed by atoms with Crippen molar-refractivity contribution in [3.05, 3.63) is 35.4 Å². The Kier molecular flexibility index (Phi) is 2.72. The van der Waals surface area contributed by atoms with Gasteiger partial charge in [0, 0.05) is 6.04 Å². The van der Waals surface area contributed by atoms with E-state index in [0.717, 1.165) is 11.8 Å². The lowest BCUT2D eigenvalue weighted by Gasteiger charge is -2.18. The molecule has 0 saturated heterocycles. The molecular formula is C15H21N. The Morgan fingerprint density at radius 1 is 1.25 bits per heavy atom. The largest absolute Gasteiger partial charge is 0.310 e. The van der Waals surface area contributed by atoms with Gasteiger partial charge in [0.15, 0.2) is 0 Å². The predicted molar refractivity (Wildman–Crippen MR) is 67.4 cm³/mol. The molecule has 1 N–H and O–H groups in total. The minimum absolute atomic E-state index is 0.606. The molecule has 0 radical (unpaired) electrons. The van der Waals surface area contributed by atoms with Crippen LogP contribution in [-0.2, 0) is 6.42 Å². The van der Waals surface area contributed by atoms with Gasteiger partial charge in [-0.1, -0.05) is 44.0 Å². The van der Waals surface area contributed by atoms with Crippen molar-refractivity contribution < 1.29 is 0 Å². The maximum atomic E-state index is 3.76. The van der Waals surface area contributed by atoms with Crippen molar-refractivity contribution in [3.63, 3.8) is 0 Å². The van der Waals surface area contributed by atoms with E-state index in [2.05, 4.69) is 36.5 Å². The molecule has 1 aromatic rings. The molecule has 2 atom stereocenters. The highest BCUT2D eigenvalue weighted by atomic mass is 14.9. The van der Waals surface area contributed by atoms with Gasteiger partial charge in [0.25, 0.3) is 0 Å². The Labute approximate surface area is 98.3 Å². The monoisotopic (exact) mass is 215 g/mol. The Balaban J connectivity index is 1.64. The summed E-state index contributed by atoms with van der Waals surface area (Å²) >= 11 is 0. The number of rotatable bonds is 4. The van der Waals surface area contributed by atoms with E-state index in [1.807, 2.05) is 0 Å². The molecule has 1 saturated carbocycles. The molecule has 2 unspecified atom stereocenters. The molecule has 0 aromatic heterocycles. The topological polar surface area (TPSA) is 12.0 Å². The highest BCUT2D eigenvalue weighted by molar-refractivity contribution is 5.35. The summed E-state index contributed by atoms with van der Waals surface area (Å²) in [6, 6.07) is 9.53. The molecule has 1 nitrogen and oxygen atoms in total. The number of fused-ring (bicyclic) bond motifs is 1. The van der Waals surface area contributed by atoms with Gasteiger partial charge in [0.05, 0.1) is 0 Å². The van der Waals surface area contributed by atoms with Gasteiger partial charge in [-0.3, -0.25) is 0 Å². The molecule has 3 rings (SSSR count). The second-order valence-corrected chi connectivity index (χ2v) is 5.54. The minimum atomic E-state index is 0.606. The zero-order valence-electron chi connectivity index (χ0n) is 10.1. The van der Waals surface area contributed by atoms with Gasteiger partial charge in [-0.25, -0.2) is 0 Å². The quantitative estimate of drug-likeness (QED) is 0.812. The van der Waals surface area contributed by atoms with E-state index < -0.39 is 0 Å². The highest BCUT2D eigenvalue weighted by Crippen LogP contribution is 2.36. The van der Waals surface area contributed by atoms with Crippen LogP contribution in [0.4, 0.5) is 0 Å². The fourth-order valence-corrected chi connectivity index (χ4v) is 2.96. The smallest absolute Gasteiger partial charge is 0.0351 e. The third kappa shape index (κ3) is 2.01. The van der Waals surface area contributed by atoms with Crippen LogP contribution in [0.1, 0.15) is 43.4 Å². The van der Waals surface area contributed by atoms with Gasteiger partial charge >= 0.3 is 0 Å². The number of hydrogen-bond acceptors (Lipinski definition) is 1. The zero-order valence-corrected chi connectivity index (χ0v) is 10.1. The Bertz CT molecular complexity index is 367. The maximum absolute atomic E-state index is 3.76. The predicted octanol–water partition coefficient (Wildman–Crippen LogP) is 3.31. The molecule has 1 aromatic carbocycles. The van der Waals surface area contributed by atoms with Crippen LogP contribution in [0.5, 0.6) is 0 Å². The molecule has 1 heteroatoms. The molecule has 0 amide bonds. The average molecular weight is 215 g/mol. The summed E-state index contributed by atoms with van der Waals surface area (Å²) < 4.78 is 0. The van der Waals surface area contributed by atoms with Crippen molar-refractivity contribution in [2.24, 2.45) is 11.8 Å². The second-order valence-electron chi connectivity index (χ2n) is 5.54. The van der Waals surface area contributed by atoms with E-state index >= 15 is 0 Å². The SMILES string of the molecule is CC1Cc2ccccc2C1NCCC1CC1. The third-order valence-electron chi connectivity index (χ3n) is 4.11. The first-order valence-electron chi connectivity index (χ1n) is 6.66. The number of benzene rings is 1. The van der Waals surface area contributed by atoms with E-state index in [1.54, 1.807) is 11.1 Å². The Morgan fingerprint density at radius 2 is 2.06 bits per heavy atom. The van der Waals surface area contributed by atoms with Crippen LogP contribution in [0, 0.1) is 11.8 Å². The van der Waals surface area contributed by atoms with Crippen molar-refractivity contribution in [1.82, 2.24) is 5.32 Å². The summed E-state index contributed by atoms with van der Waals surface area (Å²) in [6.45, 7) is 3.57. The summed E-state index contributed by atoms with van der Waals surface area (Å²) in [5.74, 6) is 1.80. The first-order valence-corrected chi connectivity index (χ1v) is 6.66. The van der Waals surface area contributed by atoms with E-state index in [0.29, 0.717) is 6.04 Å². The van der Waals surface area contributed by atoms with E-state index in [4.69, 9.17) is 0 Å². The third-order valence-corrected chi connectivity index (χ3v) is 4.11.